The minimum Gasteiger partial charge on any atom is -0.424 e. The first-order valence-corrected chi connectivity index (χ1v) is 10.1. The van der Waals surface area contributed by atoms with E-state index in [1.165, 1.54) is 18.6 Å². The van der Waals surface area contributed by atoms with Crippen LogP contribution in [-0.2, 0) is 4.74 Å². The van der Waals surface area contributed by atoms with Crippen LogP contribution in [0.25, 0.3) is 11.1 Å². The number of hydrogen-bond acceptors (Lipinski definition) is 7. The number of hydrogen-bond donors (Lipinski definition) is 3. The molecule has 0 radical (unpaired) electrons. The van der Waals surface area contributed by atoms with Crippen molar-refractivity contribution in [1.82, 2.24) is 20.3 Å². The standard InChI is InChI=1S/C21H21ClN6O3/c22-14-9-18(19(23)24-10-14)13-1-3-17(4-2-13)31-21-25-11-16(12-26-21)28-20(29)27-15-5-7-30-8-6-15/h1-4,9-12,15H,5-8H2,(H2,23,24)(H2,27,28,29). The Hall–Kier alpha value is -3.43. The zero-order chi connectivity index (χ0) is 21.6. The summed E-state index contributed by atoms with van der Waals surface area (Å²) in [6.45, 7) is 1.31. The highest BCUT2D eigenvalue weighted by Gasteiger charge is 2.16. The fraction of sp³-hybridized carbons (Fsp3) is 0.238. The molecule has 2 amide bonds. The van der Waals surface area contributed by atoms with Gasteiger partial charge in [-0.3, -0.25) is 0 Å². The summed E-state index contributed by atoms with van der Waals surface area (Å²) in [6, 6.07) is 8.96. The minimum absolute atomic E-state index is 0.110. The molecule has 3 aromatic rings. The maximum absolute atomic E-state index is 12.1. The van der Waals surface area contributed by atoms with Gasteiger partial charge in [0.2, 0.25) is 0 Å². The molecular formula is C21H21ClN6O3. The Morgan fingerprint density at radius 2 is 1.81 bits per heavy atom. The first-order chi connectivity index (χ1) is 15.1. The predicted octanol–water partition coefficient (Wildman–Crippen LogP) is 3.87. The van der Waals surface area contributed by atoms with E-state index in [9.17, 15) is 4.79 Å². The van der Waals surface area contributed by atoms with Crippen molar-refractivity contribution in [3.05, 3.63) is 53.9 Å². The van der Waals surface area contributed by atoms with Crippen LogP contribution in [0.1, 0.15) is 12.8 Å². The Morgan fingerprint density at radius 1 is 1.10 bits per heavy atom. The molecule has 1 aromatic carbocycles. The van der Waals surface area contributed by atoms with E-state index in [1.807, 2.05) is 12.1 Å². The Labute approximate surface area is 184 Å². The summed E-state index contributed by atoms with van der Waals surface area (Å²) in [5.41, 5.74) is 7.99. The Balaban J connectivity index is 1.34. The molecule has 1 aliphatic heterocycles. The fourth-order valence-electron chi connectivity index (χ4n) is 3.12. The molecule has 0 atom stereocenters. The number of carbonyl (C=O) groups is 1. The summed E-state index contributed by atoms with van der Waals surface area (Å²) in [5, 5.41) is 6.13. The second kappa shape index (κ2) is 9.59. The van der Waals surface area contributed by atoms with Crippen LogP contribution in [-0.4, -0.2) is 40.2 Å². The molecule has 0 unspecified atom stereocenters. The van der Waals surface area contributed by atoms with Crippen LogP contribution in [0, 0.1) is 0 Å². The molecule has 3 heterocycles. The largest absolute Gasteiger partial charge is 0.424 e. The Morgan fingerprint density at radius 3 is 2.52 bits per heavy atom. The fourth-order valence-corrected chi connectivity index (χ4v) is 3.27. The third-order valence-electron chi connectivity index (χ3n) is 4.70. The van der Waals surface area contributed by atoms with Crippen LogP contribution in [0.5, 0.6) is 11.8 Å². The molecule has 0 bridgehead atoms. The van der Waals surface area contributed by atoms with Crippen molar-refractivity contribution in [3.63, 3.8) is 0 Å². The summed E-state index contributed by atoms with van der Waals surface area (Å²) in [7, 11) is 0. The van der Waals surface area contributed by atoms with Gasteiger partial charge in [0.1, 0.15) is 11.6 Å². The van der Waals surface area contributed by atoms with Crippen molar-refractivity contribution in [2.75, 3.05) is 24.3 Å². The molecule has 0 spiro atoms. The number of ether oxygens (including phenoxy) is 2. The van der Waals surface area contributed by atoms with Crippen molar-refractivity contribution in [1.29, 1.82) is 0 Å². The van der Waals surface area contributed by atoms with E-state index in [-0.39, 0.29) is 18.1 Å². The molecule has 9 nitrogen and oxygen atoms in total. The number of halogens is 1. The van der Waals surface area contributed by atoms with Crippen LogP contribution in [0.15, 0.2) is 48.9 Å². The maximum atomic E-state index is 12.1. The highest BCUT2D eigenvalue weighted by molar-refractivity contribution is 6.30. The summed E-state index contributed by atoms with van der Waals surface area (Å²) < 4.78 is 10.9. The van der Waals surface area contributed by atoms with Crippen molar-refractivity contribution in [2.45, 2.75) is 18.9 Å². The lowest BCUT2D eigenvalue weighted by molar-refractivity contribution is 0.0806. The van der Waals surface area contributed by atoms with Gasteiger partial charge in [-0.25, -0.2) is 19.7 Å². The summed E-state index contributed by atoms with van der Waals surface area (Å²) in [6.07, 6.45) is 6.07. The SMILES string of the molecule is Nc1ncc(Cl)cc1-c1ccc(Oc2ncc(NC(=O)NC3CCOCC3)cn2)cc1. The zero-order valence-corrected chi connectivity index (χ0v) is 17.3. The molecule has 4 rings (SSSR count). The van der Waals surface area contributed by atoms with Crippen molar-refractivity contribution in [3.8, 4) is 22.9 Å². The molecule has 10 heteroatoms. The van der Waals surface area contributed by atoms with Crippen LogP contribution < -0.4 is 21.1 Å². The minimum atomic E-state index is -0.297. The third kappa shape index (κ3) is 5.59. The van der Waals surface area contributed by atoms with E-state index in [1.54, 1.807) is 18.2 Å². The number of nitrogen functional groups attached to an aromatic ring is 1. The molecule has 31 heavy (non-hydrogen) atoms. The van der Waals surface area contributed by atoms with E-state index in [0.717, 1.165) is 24.0 Å². The lowest BCUT2D eigenvalue weighted by atomic mass is 10.1. The molecule has 1 aliphatic rings. The lowest BCUT2D eigenvalue weighted by Crippen LogP contribution is -2.41. The van der Waals surface area contributed by atoms with Crippen LogP contribution in [0.3, 0.4) is 0 Å². The molecule has 2 aromatic heterocycles. The summed E-state index contributed by atoms with van der Waals surface area (Å²) >= 11 is 6.00. The van der Waals surface area contributed by atoms with E-state index in [2.05, 4.69) is 25.6 Å². The molecule has 160 valence electrons. The lowest BCUT2D eigenvalue weighted by Gasteiger charge is -2.23. The number of nitrogens with zero attached hydrogens (tertiary/aromatic N) is 3. The van der Waals surface area contributed by atoms with E-state index >= 15 is 0 Å². The second-order valence-corrected chi connectivity index (χ2v) is 7.39. The van der Waals surface area contributed by atoms with Gasteiger partial charge >= 0.3 is 12.0 Å². The quantitative estimate of drug-likeness (QED) is 0.550. The first kappa shape index (κ1) is 20.8. The van der Waals surface area contributed by atoms with Crippen LogP contribution in [0.4, 0.5) is 16.3 Å². The smallest absolute Gasteiger partial charge is 0.322 e. The Bertz CT molecular complexity index is 1040. The second-order valence-electron chi connectivity index (χ2n) is 6.95. The number of aromatic nitrogens is 3. The molecule has 0 saturated carbocycles. The number of rotatable bonds is 5. The van der Waals surface area contributed by atoms with Crippen LogP contribution in [0.2, 0.25) is 5.02 Å². The van der Waals surface area contributed by atoms with Gasteiger partial charge in [0.25, 0.3) is 0 Å². The number of urea groups is 1. The van der Waals surface area contributed by atoms with E-state index < -0.39 is 0 Å². The maximum Gasteiger partial charge on any atom is 0.322 e. The normalized spacial score (nSPS) is 14.1. The van der Waals surface area contributed by atoms with E-state index in [4.69, 9.17) is 26.8 Å². The number of amides is 2. The zero-order valence-electron chi connectivity index (χ0n) is 16.5. The number of nitrogens with one attached hydrogen (secondary N) is 2. The van der Waals surface area contributed by atoms with Gasteiger partial charge < -0.3 is 25.8 Å². The molecule has 4 N–H and O–H groups in total. The van der Waals surface area contributed by atoms with E-state index in [0.29, 0.717) is 35.5 Å². The van der Waals surface area contributed by atoms with Crippen molar-refractivity contribution < 1.29 is 14.3 Å². The average Bonchev–Trinajstić information content (AvgIpc) is 2.78. The van der Waals surface area contributed by atoms with Crippen LogP contribution >= 0.6 is 11.6 Å². The van der Waals surface area contributed by atoms with Crippen molar-refractivity contribution in [2.24, 2.45) is 0 Å². The number of benzene rings is 1. The van der Waals surface area contributed by atoms with Gasteiger partial charge in [-0.05, 0) is 36.6 Å². The summed E-state index contributed by atoms with van der Waals surface area (Å²) in [4.78, 5) is 24.4. The highest BCUT2D eigenvalue weighted by atomic mass is 35.5. The van der Waals surface area contributed by atoms with Gasteiger partial charge in [-0.1, -0.05) is 23.7 Å². The van der Waals surface area contributed by atoms with Gasteiger partial charge in [0.15, 0.2) is 0 Å². The summed E-state index contributed by atoms with van der Waals surface area (Å²) in [5.74, 6) is 0.945. The van der Waals surface area contributed by atoms with Gasteiger partial charge in [0.05, 0.1) is 23.1 Å². The Kier molecular flexibility index (Phi) is 6.44. The number of nitrogens with two attached hydrogens (primary N) is 1. The number of anilines is 2. The molecular weight excluding hydrogens is 420 g/mol. The van der Waals surface area contributed by atoms with Gasteiger partial charge in [-0.15, -0.1) is 0 Å². The van der Waals surface area contributed by atoms with Gasteiger partial charge in [-0.2, -0.15) is 0 Å². The van der Waals surface area contributed by atoms with Crippen molar-refractivity contribution >= 4 is 29.1 Å². The monoisotopic (exact) mass is 440 g/mol. The highest BCUT2D eigenvalue weighted by Crippen LogP contribution is 2.29. The predicted molar refractivity (Wildman–Crippen MR) is 117 cm³/mol. The first-order valence-electron chi connectivity index (χ1n) is 9.73. The number of carbonyl (C=O) groups excluding carboxylic acids is 1. The molecule has 0 aliphatic carbocycles. The molecule has 1 fully saturated rings. The topological polar surface area (TPSA) is 124 Å². The average molecular weight is 441 g/mol. The number of pyridine rings is 1. The molecule has 1 saturated heterocycles. The third-order valence-corrected chi connectivity index (χ3v) is 4.91. The van der Waals surface area contributed by atoms with Gasteiger partial charge in [0, 0.05) is 31.0 Å².